The lowest BCUT2D eigenvalue weighted by Crippen LogP contribution is -2.34. The number of allylic oxidation sites excluding steroid dienone is 1. The molecule has 2 N–H and O–H groups in total. The summed E-state index contributed by atoms with van der Waals surface area (Å²) < 4.78 is 11.6. The van der Waals surface area contributed by atoms with E-state index >= 15 is 0 Å². The minimum absolute atomic E-state index is 0.216. The second kappa shape index (κ2) is 16.2. The van der Waals surface area contributed by atoms with Crippen LogP contribution in [0.2, 0.25) is 5.02 Å². The molecule has 4 rings (SSSR count). The van der Waals surface area contributed by atoms with Gasteiger partial charge in [-0.2, -0.15) is 0 Å². The number of nitrogens with zero attached hydrogens (tertiary/aromatic N) is 3. The molecule has 2 aliphatic rings. The standard InChI is InChI=1S/C30H36ClN5O4S/c1-32-19-25(41-21-40-28-9-8-24(18-26(28)31)39-20-22-6-7-22)5-4-11-34-29(37)23-10-12-33-27(17-23)30(38)35-13-16-36-14-2-3-15-36/h4-5,8-10,12,17-19,22H,1-3,6-7,11,13-16,20-21H2,(H,34,37)(H,35,38)/b5-4+,25-19-. The van der Waals surface area contributed by atoms with E-state index in [4.69, 9.17) is 21.1 Å². The molecule has 41 heavy (non-hydrogen) atoms. The van der Waals surface area contributed by atoms with E-state index in [1.807, 2.05) is 12.1 Å². The average molecular weight is 598 g/mol. The van der Waals surface area contributed by atoms with Crippen molar-refractivity contribution in [1.29, 1.82) is 0 Å². The number of carbonyl (C=O) groups is 2. The van der Waals surface area contributed by atoms with Crippen molar-refractivity contribution >= 4 is 41.9 Å². The highest BCUT2D eigenvalue weighted by Gasteiger charge is 2.22. The van der Waals surface area contributed by atoms with Crippen LogP contribution in [0, 0.1) is 5.92 Å². The number of halogens is 1. The summed E-state index contributed by atoms with van der Waals surface area (Å²) in [6.45, 7) is 8.04. The lowest BCUT2D eigenvalue weighted by Gasteiger charge is -2.14. The third kappa shape index (κ3) is 10.5. The maximum atomic E-state index is 12.6. The molecule has 0 radical (unpaired) electrons. The highest BCUT2D eigenvalue weighted by atomic mass is 35.5. The smallest absolute Gasteiger partial charge is 0.269 e. The Labute approximate surface area is 250 Å². The maximum absolute atomic E-state index is 12.6. The van der Waals surface area contributed by atoms with E-state index in [0.717, 1.165) is 36.9 Å². The summed E-state index contributed by atoms with van der Waals surface area (Å²) in [6.07, 6.45) is 11.6. The van der Waals surface area contributed by atoms with Crippen LogP contribution in [0.15, 0.2) is 64.8 Å². The topological polar surface area (TPSA) is 105 Å². The quantitative estimate of drug-likeness (QED) is 0.160. The zero-order valence-corrected chi connectivity index (χ0v) is 24.6. The van der Waals surface area contributed by atoms with Gasteiger partial charge in [0.2, 0.25) is 0 Å². The third-order valence-corrected chi connectivity index (χ3v) is 7.68. The molecular weight excluding hydrogens is 562 g/mol. The van der Waals surface area contributed by atoms with Crippen molar-refractivity contribution in [2.75, 3.05) is 45.3 Å². The number of likely N-dealkylation sites (tertiary alicyclic amines) is 1. The molecule has 0 atom stereocenters. The monoisotopic (exact) mass is 597 g/mol. The Bertz CT molecular complexity index is 1260. The molecule has 0 bridgehead atoms. The maximum Gasteiger partial charge on any atom is 0.269 e. The molecule has 0 spiro atoms. The van der Waals surface area contributed by atoms with Crippen molar-refractivity contribution in [3.63, 3.8) is 0 Å². The molecule has 2 heterocycles. The van der Waals surface area contributed by atoms with Crippen LogP contribution in [0.1, 0.15) is 46.5 Å². The van der Waals surface area contributed by atoms with Crippen LogP contribution in [0.25, 0.3) is 0 Å². The number of benzene rings is 1. The SMILES string of the molecule is C=N/C=C(/C=C/CNC(=O)c1ccnc(C(=O)NCCN2CCCC2)c1)SCOc1ccc(OCC2CC2)cc1Cl. The molecule has 1 aliphatic heterocycles. The van der Waals surface area contributed by atoms with Gasteiger partial charge in [0.1, 0.15) is 23.1 Å². The van der Waals surface area contributed by atoms with E-state index in [9.17, 15) is 9.59 Å². The minimum atomic E-state index is -0.300. The number of carbonyl (C=O) groups excluding carboxylic acids is 2. The second-order valence-electron chi connectivity index (χ2n) is 9.81. The Kier molecular flexibility index (Phi) is 12.1. The van der Waals surface area contributed by atoms with E-state index in [1.54, 1.807) is 30.5 Å². The highest BCUT2D eigenvalue weighted by molar-refractivity contribution is 8.03. The van der Waals surface area contributed by atoms with Gasteiger partial charge in [0.15, 0.2) is 0 Å². The van der Waals surface area contributed by atoms with Crippen LogP contribution in [-0.2, 0) is 0 Å². The number of nitrogens with one attached hydrogen (secondary N) is 2. The van der Waals surface area contributed by atoms with Crippen molar-refractivity contribution in [2.45, 2.75) is 25.7 Å². The Morgan fingerprint density at radius 1 is 1.15 bits per heavy atom. The Hall–Kier alpha value is -3.34. The van der Waals surface area contributed by atoms with Crippen LogP contribution in [0.3, 0.4) is 0 Å². The molecule has 2 aromatic rings. The fraction of sp³-hybridized carbons (Fsp3) is 0.400. The fourth-order valence-corrected chi connectivity index (χ4v) is 5.00. The van der Waals surface area contributed by atoms with Gasteiger partial charge >= 0.3 is 0 Å². The first-order chi connectivity index (χ1) is 20.0. The van der Waals surface area contributed by atoms with Crippen molar-refractivity contribution in [1.82, 2.24) is 20.5 Å². The average Bonchev–Trinajstić information content (AvgIpc) is 3.67. The molecule has 2 amide bonds. The van der Waals surface area contributed by atoms with Crippen molar-refractivity contribution < 1.29 is 19.1 Å². The Morgan fingerprint density at radius 2 is 1.98 bits per heavy atom. The van der Waals surface area contributed by atoms with Crippen LogP contribution < -0.4 is 20.1 Å². The molecule has 1 aliphatic carbocycles. The van der Waals surface area contributed by atoms with Gasteiger partial charge in [-0.3, -0.25) is 19.6 Å². The van der Waals surface area contributed by atoms with Crippen molar-refractivity contribution in [3.8, 4) is 11.5 Å². The third-order valence-electron chi connectivity index (χ3n) is 6.57. The second-order valence-corrected chi connectivity index (χ2v) is 11.2. The van der Waals surface area contributed by atoms with Gasteiger partial charge in [-0.05, 0) is 81.7 Å². The van der Waals surface area contributed by atoms with Crippen molar-refractivity contribution in [2.24, 2.45) is 10.9 Å². The molecule has 9 nitrogen and oxygen atoms in total. The van der Waals surface area contributed by atoms with Crippen LogP contribution in [0.5, 0.6) is 11.5 Å². The lowest BCUT2D eigenvalue weighted by molar-refractivity contribution is 0.0944. The fourth-order valence-electron chi connectivity index (χ4n) is 4.12. The predicted molar refractivity (Wildman–Crippen MR) is 164 cm³/mol. The van der Waals surface area contributed by atoms with Gasteiger partial charge in [0, 0.05) is 48.6 Å². The molecule has 2 fully saturated rings. The van der Waals surface area contributed by atoms with Crippen LogP contribution >= 0.6 is 23.4 Å². The first kappa shape index (κ1) is 30.6. The molecule has 1 aromatic carbocycles. The van der Waals surface area contributed by atoms with Gasteiger partial charge in [-0.25, -0.2) is 0 Å². The van der Waals surface area contributed by atoms with Gasteiger partial charge in [0.25, 0.3) is 11.8 Å². The first-order valence-corrected chi connectivity index (χ1v) is 15.1. The zero-order chi connectivity index (χ0) is 28.9. The summed E-state index contributed by atoms with van der Waals surface area (Å²) in [5.41, 5.74) is 0.582. The number of ether oxygens (including phenoxy) is 2. The number of amides is 2. The minimum Gasteiger partial charge on any atom is -0.493 e. The Balaban J connectivity index is 1.18. The summed E-state index contributed by atoms with van der Waals surface area (Å²) in [7, 11) is 0. The number of pyridine rings is 1. The molecule has 1 aromatic heterocycles. The number of thioether (sulfide) groups is 1. The number of rotatable bonds is 16. The van der Waals surface area contributed by atoms with Crippen molar-refractivity contribution in [3.05, 3.63) is 76.1 Å². The lowest BCUT2D eigenvalue weighted by atomic mass is 10.2. The molecule has 1 saturated heterocycles. The Morgan fingerprint density at radius 3 is 2.73 bits per heavy atom. The summed E-state index contributed by atoms with van der Waals surface area (Å²) in [4.78, 5) is 36.2. The number of aromatic nitrogens is 1. The number of hydrogen-bond donors (Lipinski definition) is 2. The number of hydrogen-bond acceptors (Lipinski definition) is 8. The molecule has 1 saturated carbocycles. The van der Waals surface area contributed by atoms with E-state index in [1.165, 1.54) is 49.7 Å². The van der Waals surface area contributed by atoms with Gasteiger partial charge in [-0.1, -0.05) is 29.4 Å². The van der Waals surface area contributed by atoms with Gasteiger partial charge in [-0.15, -0.1) is 0 Å². The largest absolute Gasteiger partial charge is 0.493 e. The van der Waals surface area contributed by atoms with Crippen LogP contribution in [-0.4, -0.2) is 73.7 Å². The summed E-state index contributed by atoms with van der Waals surface area (Å²) in [5.74, 6) is 1.69. The first-order valence-electron chi connectivity index (χ1n) is 13.8. The summed E-state index contributed by atoms with van der Waals surface area (Å²) in [5, 5.41) is 6.19. The summed E-state index contributed by atoms with van der Waals surface area (Å²) >= 11 is 7.76. The number of aliphatic imine (C=N–C) groups is 1. The van der Waals surface area contributed by atoms with Gasteiger partial charge in [0.05, 0.1) is 11.6 Å². The van der Waals surface area contributed by atoms with Crippen LogP contribution in [0.4, 0.5) is 0 Å². The molecular formula is C30H36ClN5O4S. The molecule has 0 unspecified atom stereocenters. The zero-order valence-electron chi connectivity index (χ0n) is 23.0. The van der Waals surface area contributed by atoms with E-state index in [-0.39, 0.29) is 24.1 Å². The van der Waals surface area contributed by atoms with Gasteiger partial charge < -0.3 is 25.0 Å². The molecule has 11 heteroatoms. The highest BCUT2D eigenvalue weighted by Crippen LogP contribution is 2.33. The van der Waals surface area contributed by atoms with E-state index < -0.39 is 0 Å². The summed E-state index contributed by atoms with van der Waals surface area (Å²) in [6, 6.07) is 8.50. The molecule has 218 valence electrons. The van der Waals surface area contributed by atoms with E-state index in [0.29, 0.717) is 34.7 Å². The van der Waals surface area contributed by atoms with E-state index in [2.05, 4.69) is 32.2 Å². The predicted octanol–water partition coefficient (Wildman–Crippen LogP) is 4.95. The normalized spacial score (nSPS) is 15.6.